The molecule has 0 aliphatic carbocycles. The summed E-state index contributed by atoms with van der Waals surface area (Å²) in [7, 11) is 1.63. The van der Waals surface area contributed by atoms with Crippen LogP contribution in [0.3, 0.4) is 0 Å². The smallest absolute Gasteiger partial charge is 0.267 e. The molecule has 1 aromatic carbocycles. The van der Waals surface area contributed by atoms with Crippen molar-refractivity contribution >= 4 is 16.8 Å². The maximum Gasteiger partial charge on any atom is 0.267 e. The molecule has 0 radical (unpaired) electrons. The number of ether oxygens (including phenoxy) is 1. The molecule has 2 aromatic heterocycles. The van der Waals surface area contributed by atoms with Gasteiger partial charge in [0.15, 0.2) is 0 Å². The summed E-state index contributed by atoms with van der Waals surface area (Å²) in [4.78, 5) is 19.3. The Morgan fingerprint density at radius 3 is 3.04 bits per heavy atom. The number of aryl methyl sites for hydroxylation is 1. The van der Waals surface area contributed by atoms with Gasteiger partial charge < -0.3 is 19.6 Å². The third-order valence-corrected chi connectivity index (χ3v) is 3.76. The standard InChI is InChI=1S/C17H20N4O2/c1-23-14-4-5-15-13(10-14)11-16(20-15)17(22)19-6-2-3-8-21-9-7-18-12-21/h4-5,7,9-12,20H,2-3,6,8H2,1H3,(H,19,22). The Bertz CT molecular complexity index is 777. The predicted molar refractivity (Wildman–Crippen MR) is 88.6 cm³/mol. The van der Waals surface area contributed by atoms with E-state index in [0.717, 1.165) is 36.0 Å². The summed E-state index contributed by atoms with van der Waals surface area (Å²) < 4.78 is 7.23. The minimum Gasteiger partial charge on any atom is -0.497 e. The highest BCUT2D eigenvalue weighted by molar-refractivity contribution is 5.98. The Morgan fingerprint density at radius 1 is 1.35 bits per heavy atom. The number of methoxy groups -OCH3 is 1. The van der Waals surface area contributed by atoms with Gasteiger partial charge in [0.2, 0.25) is 0 Å². The van der Waals surface area contributed by atoms with E-state index in [9.17, 15) is 4.79 Å². The molecule has 0 spiro atoms. The maximum absolute atomic E-state index is 12.2. The molecule has 0 unspecified atom stereocenters. The Morgan fingerprint density at radius 2 is 2.26 bits per heavy atom. The minimum absolute atomic E-state index is 0.0807. The van der Waals surface area contributed by atoms with E-state index in [2.05, 4.69) is 15.3 Å². The van der Waals surface area contributed by atoms with Crippen LogP contribution in [-0.4, -0.2) is 34.1 Å². The molecule has 0 fully saturated rings. The number of rotatable bonds is 7. The second kappa shape index (κ2) is 7.00. The number of hydrogen-bond acceptors (Lipinski definition) is 3. The summed E-state index contributed by atoms with van der Waals surface area (Å²) in [6, 6.07) is 7.54. The topological polar surface area (TPSA) is 71.9 Å². The number of nitrogens with zero attached hydrogens (tertiary/aromatic N) is 2. The van der Waals surface area contributed by atoms with Gasteiger partial charge in [-0.05, 0) is 37.1 Å². The van der Waals surface area contributed by atoms with Crippen molar-refractivity contribution in [2.24, 2.45) is 0 Å². The van der Waals surface area contributed by atoms with E-state index < -0.39 is 0 Å². The summed E-state index contributed by atoms with van der Waals surface area (Å²) in [5.74, 6) is 0.700. The van der Waals surface area contributed by atoms with E-state index in [1.807, 2.05) is 35.0 Å². The molecular weight excluding hydrogens is 292 g/mol. The monoisotopic (exact) mass is 312 g/mol. The highest BCUT2D eigenvalue weighted by atomic mass is 16.5. The lowest BCUT2D eigenvalue weighted by atomic mass is 10.2. The summed E-state index contributed by atoms with van der Waals surface area (Å²) in [5.41, 5.74) is 1.50. The highest BCUT2D eigenvalue weighted by Gasteiger charge is 2.09. The number of imidazole rings is 1. The van der Waals surface area contributed by atoms with E-state index in [1.165, 1.54) is 0 Å². The average molecular weight is 312 g/mol. The quantitative estimate of drug-likeness (QED) is 0.659. The van der Waals surface area contributed by atoms with Crippen LogP contribution in [0.2, 0.25) is 0 Å². The largest absolute Gasteiger partial charge is 0.497 e. The first-order chi connectivity index (χ1) is 11.3. The first-order valence-electron chi connectivity index (χ1n) is 7.67. The van der Waals surface area contributed by atoms with Crippen LogP contribution in [0.4, 0.5) is 0 Å². The molecule has 0 saturated carbocycles. The van der Waals surface area contributed by atoms with Gasteiger partial charge in [0.05, 0.1) is 13.4 Å². The Labute approximate surface area is 134 Å². The Hall–Kier alpha value is -2.76. The summed E-state index contributed by atoms with van der Waals surface area (Å²) in [6.45, 7) is 1.58. The Kier molecular flexibility index (Phi) is 4.61. The molecular formula is C17H20N4O2. The van der Waals surface area contributed by atoms with Gasteiger partial charge >= 0.3 is 0 Å². The number of carbonyl (C=O) groups is 1. The lowest BCUT2D eigenvalue weighted by Gasteiger charge is -2.04. The van der Waals surface area contributed by atoms with Crippen molar-refractivity contribution in [2.45, 2.75) is 19.4 Å². The van der Waals surface area contributed by atoms with Crippen molar-refractivity contribution in [1.29, 1.82) is 0 Å². The third-order valence-electron chi connectivity index (χ3n) is 3.76. The second-order valence-corrected chi connectivity index (χ2v) is 5.40. The molecule has 0 bridgehead atoms. The van der Waals surface area contributed by atoms with Crippen LogP contribution in [0.1, 0.15) is 23.3 Å². The molecule has 0 aliphatic heterocycles. The average Bonchev–Trinajstić information content (AvgIpc) is 3.22. The van der Waals surface area contributed by atoms with Crippen LogP contribution < -0.4 is 10.1 Å². The number of hydrogen-bond donors (Lipinski definition) is 2. The van der Waals surface area contributed by atoms with Crippen molar-refractivity contribution in [1.82, 2.24) is 19.9 Å². The fourth-order valence-electron chi connectivity index (χ4n) is 2.50. The first-order valence-corrected chi connectivity index (χ1v) is 7.67. The normalized spacial score (nSPS) is 10.8. The SMILES string of the molecule is COc1ccc2[nH]c(C(=O)NCCCCn3ccnc3)cc2c1. The number of benzene rings is 1. The van der Waals surface area contributed by atoms with Gasteiger partial charge in [-0.3, -0.25) is 4.79 Å². The fourth-order valence-corrected chi connectivity index (χ4v) is 2.50. The van der Waals surface area contributed by atoms with E-state index in [1.54, 1.807) is 19.6 Å². The molecule has 120 valence electrons. The predicted octanol–water partition coefficient (Wildman–Crippen LogP) is 2.58. The number of fused-ring (bicyclic) bond motifs is 1. The lowest BCUT2D eigenvalue weighted by molar-refractivity contribution is 0.0948. The summed E-state index contributed by atoms with van der Waals surface area (Å²) in [5, 5.41) is 3.91. The molecule has 23 heavy (non-hydrogen) atoms. The third kappa shape index (κ3) is 3.71. The number of unbranched alkanes of at least 4 members (excludes halogenated alkanes) is 1. The van der Waals surface area contributed by atoms with Crippen molar-refractivity contribution < 1.29 is 9.53 Å². The summed E-state index contributed by atoms with van der Waals surface area (Å²) >= 11 is 0. The molecule has 0 atom stereocenters. The van der Waals surface area contributed by atoms with Crippen LogP contribution in [0.15, 0.2) is 43.0 Å². The van der Waals surface area contributed by atoms with Gasteiger partial charge in [-0.15, -0.1) is 0 Å². The molecule has 3 rings (SSSR count). The van der Waals surface area contributed by atoms with Gasteiger partial charge in [-0.1, -0.05) is 0 Å². The van der Waals surface area contributed by atoms with Crippen LogP contribution in [0.5, 0.6) is 5.75 Å². The molecule has 3 aromatic rings. The van der Waals surface area contributed by atoms with E-state index in [-0.39, 0.29) is 5.91 Å². The zero-order valence-corrected chi connectivity index (χ0v) is 13.1. The van der Waals surface area contributed by atoms with Crippen molar-refractivity contribution in [3.63, 3.8) is 0 Å². The van der Waals surface area contributed by atoms with Crippen molar-refractivity contribution in [2.75, 3.05) is 13.7 Å². The molecule has 2 N–H and O–H groups in total. The van der Waals surface area contributed by atoms with Crippen LogP contribution in [0.25, 0.3) is 10.9 Å². The van der Waals surface area contributed by atoms with Gasteiger partial charge in [0, 0.05) is 36.4 Å². The van der Waals surface area contributed by atoms with Crippen molar-refractivity contribution in [3.8, 4) is 5.75 Å². The number of carbonyl (C=O) groups excluding carboxylic acids is 1. The fraction of sp³-hybridized carbons (Fsp3) is 0.294. The van der Waals surface area contributed by atoms with Gasteiger partial charge in [0.25, 0.3) is 5.91 Å². The lowest BCUT2D eigenvalue weighted by Crippen LogP contribution is -2.24. The van der Waals surface area contributed by atoms with Crippen LogP contribution in [0, 0.1) is 0 Å². The van der Waals surface area contributed by atoms with E-state index in [4.69, 9.17) is 4.74 Å². The minimum atomic E-state index is -0.0807. The van der Waals surface area contributed by atoms with E-state index in [0.29, 0.717) is 12.2 Å². The molecule has 0 aliphatic rings. The van der Waals surface area contributed by atoms with Crippen LogP contribution in [-0.2, 0) is 6.54 Å². The number of nitrogens with one attached hydrogen (secondary N) is 2. The number of aromatic nitrogens is 3. The zero-order valence-electron chi connectivity index (χ0n) is 13.1. The van der Waals surface area contributed by atoms with Gasteiger partial charge in [0.1, 0.15) is 11.4 Å². The summed E-state index contributed by atoms with van der Waals surface area (Å²) in [6.07, 6.45) is 7.44. The number of aromatic amines is 1. The van der Waals surface area contributed by atoms with Gasteiger partial charge in [-0.2, -0.15) is 0 Å². The van der Waals surface area contributed by atoms with Gasteiger partial charge in [-0.25, -0.2) is 4.98 Å². The van der Waals surface area contributed by atoms with Crippen LogP contribution >= 0.6 is 0 Å². The molecule has 0 saturated heterocycles. The number of amides is 1. The molecule has 6 heteroatoms. The van der Waals surface area contributed by atoms with Crippen molar-refractivity contribution in [3.05, 3.63) is 48.7 Å². The molecule has 6 nitrogen and oxygen atoms in total. The molecule has 1 amide bonds. The first kappa shape index (κ1) is 15.1. The maximum atomic E-state index is 12.2. The second-order valence-electron chi connectivity index (χ2n) is 5.40. The van der Waals surface area contributed by atoms with E-state index >= 15 is 0 Å². The zero-order chi connectivity index (χ0) is 16.1. The highest BCUT2D eigenvalue weighted by Crippen LogP contribution is 2.21. The Balaban J connectivity index is 1.49. The molecule has 2 heterocycles. The number of H-pyrrole nitrogens is 1.